The van der Waals surface area contributed by atoms with Crippen LogP contribution in [0.2, 0.25) is 0 Å². The van der Waals surface area contributed by atoms with Gasteiger partial charge in [0.05, 0.1) is 17.5 Å². The number of halogens is 2. The first kappa shape index (κ1) is 12.2. The number of benzene rings is 1. The number of hydrogen-bond donors (Lipinski definition) is 1. The van der Waals surface area contributed by atoms with Gasteiger partial charge in [-0.25, -0.2) is 0 Å². The zero-order valence-corrected chi connectivity index (χ0v) is 11.9. The molecule has 86 valence electrons. The number of aromatic nitrogens is 1. The van der Waals surface area contributed by atoms with E-state index < -0.39 is 6.10 Å². The summed E-state index contributed by atoms with van der Waals surface area (Å²) in [7, 11) is 2.04. The van der Waals surface area contributed by atoms with E-state index in [1.54, 1.807) is 0 Å². The van der Waals surface area contributed by atoms with Crippen LogP contribution in [-0.2, 0) is 11.5 Å². The normalized spacial score (nSPS) is 13.2. The second-order valence-corrected chi connectivity index (χ2v) is 4.92. The van der Waals surface area contributed by atoms with Crippen LogP contribution in [0.3, 0.4) is 0 Å². The zero-order chi connectivity index (χ0) is 11.7. The highest BCUT2D eigenvalue weighted by molar-refractivity contribution is 14.1. The fraction of sp³-hybridized carbons (Fsp3) is 0.333. The third-order valence-electron chi connectivity index (χ3n) is 2.75. The lowest BCUT2D eigenvalue weighted by molar-refractivity contribution is 0.203. The first-order chi connectivity index (χ1) is 7.67. The van der Waals surface area contributed by atoms with Gasteiger partial charge in [0.2, 0.25) is 0 Å². The van der Waals surface area contributed by atoms with Crippen LogP contribution in [0.25, 0.3) is 10.9 Å². The van der Waals surface area contributed by atoms with Crippen molar-refractivity contribution in [3.8, 4) is 0 Å². The van der Waals surface area contributed by atoms with Gasteiger partial charge in [0.25, 0.3) is 0 Å². The van der Waals surface area contributed by atoms with Crippen molar-refractivity contribution in [2.75, 3.05) is 5.88 Å². The van der Waals surface area contributed by atoms with Crippen LogP contribution in [0.1, 0.15) is 17.2 Å². The lowest BCUT2D eigenvalue weighted by atomic mass is 10.0. The first-order valence-electron chi connectivity index (χ1n) is 5.05. The average Bonchev–Trinajstić information content (AvgIpc) is 2.69. The average molecular weight is 350 g/mol. The van der Waals surface area contributed by atoms with E-state index in [4.69, 9.17) is 11.6 Å². The SMILES string of the molecule is Cn1ccc2cc([C@H](O)CCl)cc(CI)c21. The summed E-state index contributed by atoms with van der Waals surface area (Å²) in [6.45, 7) is 0. The molecule has 1 N–H and O–H groups in total. The van der Waals surface area contributed by atoms with Crippen LogP contribution in [0.15, 0.2) is 24.4 Å². The van der Waals surface area contributed by atoms with Crippen LogP contribution in [0.4, 0.5) is 0 Å². The van der Waals surface area contributed by atoms with Gasteiger partial charge in [0.15, 0.2) is 0 Å². The van der Waals surface area contributed by atoms with Crippen LogP contribution in [0, 0.1) is 0 Å². The molecule has 0 amide bonds. The van der Waals surface area contributed by atoms with E-state index in [2.05, 4.69) is 33.2 Å². The monoisotopic (exact) mass is 349 g/mol. The lowest BCUT2D eigenvalue weighted by Crippen LogP contribution is -2.00. The smallest absolute Gasteiger partial charge is 0.0925 e. The summed E-state index contributed by atoms with van der Waals surface area (Å²) in [5, 5.41) is 10.9. The molecule has 0 aliphatic rings. The van der Waals surface area contributed by atoms with E-state index in [9.17, 15) is 5.11 Å². The quantitative estimate of drug-likeness (QED) is 0.667. The predicted molar refractivity (Wildman–Crippen MR) is 76.3 cm³/mol. The Morgan fingerprint density at radius 3 is 2.88 bits per heavy atom. The number of aryl methyl sites for hydroxylation is 1. The van der Waals surface area contributed by atoms with Gasteiger partial charge >= 0.3 is 0 Å². The fourth-order valence-electron chi connectivity index (χ4n) is 1.95. The van der Waals surface area contributed by atoms with Crippen molar-refractivity contribution in [3.05, 3.63) is 35.5 Å². The Labute approximate surface area is 113 Å². The summed E-state index contributed by atoms with van der Waals surface area (Å²) in [5.74, 6) is 0.235. The molecule has 2 rings (SSSR count). The molecule has 1 aromatic heterocycles. The van der Waals surface area contributed by atoms with Crippen molar-refractivity contribution in [1.82, 2.24) is 4.57 Å². The Bertz CT molecular complexity index is 509. The summed E-state index contributed by atoms with van der Waals surface area (Å²) in [5.41, 5.74) is 3.38. The van der Waals surface area contributed by atoms with E-state index >= 15 is 0 Å². The molecule has 16 heavy (non-hydrogen) atoms. The van der Waals surface area contributed by atoms with Crippen molar-refractivity contribution < 1.29 is 5.11 Å². The van der Waals surface area contributed by atoms with Crippen molar-refractivity contribution >= 4 is 45.1 Å². The second kappa shape index (κ2) is 4.94. The highest BCUT2D eigenvalue weighted by atomic mass is 127. The Hall–Kier alpha value is -0.260. The summed E-state index contributed by atoms with van der Waals surface area (Å²) in [4.78, 5) is 0. The van der Waals surface area contributed by atoms with Crippen LogP contribution in [-0.4, -0.2) is 15.6 Å². The highest BCUT2D eigenvalue weighted by Crippen LogP contribution is 2.27. The number of rotatable bonds is 3. The largest absolute Gasteiger partial charge is 0.387 e. The molecule has 0 aliphatic heterocycles. The van der Waals surface area contributed by atoms with Gasteiger partial charge in [-0.2, -0.15) is 0 Å². The number of hydrogen-bond acceptors (Lipinski definition) is 1. The summed E-state index contributed by atoms with van der Waals surface area (Å²) < 4.78 is 3.04. The summed E-state index contributed by atoms with van der Waals surface area (Å²) >= 11 is 8.02. The van der Waals surface area contributed by atoms with Crippen molar-refractivity contribution in [1.29, 1.82) is 0 Å². The second-order valence-electron chi connectivity index (χ2n) is 3.85. The van der Waals surface area contributed by atoms with Crippen LogP contribution >= 0.6 is 34.2 Å². The number of alkyl halides is 2. The highest BCUT2D eigenvalue weighted by Gasteiger charge is 2.11. The van der Waals surface area contributed by atoms with Gasteiger partial charge in [0, 0.05) is 23.1 Å². The van der Waals surface area contributed by atoms with E-state index in [1.165, 1.54) is 11.1 Å². The molecule has 0 aliphatic carbocycles. The molecule has 0 radical (unpaired) electrons. The van der Waals surface area contributed by atoms with E-state index in [0.29, 0.717) is 0 Å². The number of nitrogens with zero attached hydrogens (tertiary/aromatic N) is 1. The minimum absolute atomic E-state index is 0.235. The minimum atomic E-state index is -0.576. The molecule has 0 fully saturated rings. The Morgan fingerprint density at radius 1 is 1.50 bits per heavy atom. The molecule has 0 spiro atoms. The predicted octanol–water partition coefficient (Wildman–Crippen LogP) is 3.39. The minimum Gasteiger partial charge on any atom is -0.387 e. The molecular formula is C12H13ClINO. The Kier molecular flexibility index (Phi) is 3.77. The zero-order valence-electron chi connectivity index (χ0n) is 8.95. The molecule has 0 saturated carbocycles. The van der Waals surface area contributed by atoms with E-state index in [-0.39, 0.29) is 5.88 Å². The molecule has 2 nitrogen and oxygen atoms in total. The first-order valence-corrected chi connectivity index (χ1v) is 7.11. The maximum atomic E-state index is 9.77. The van der Waals surface area contributed by atoms with E-state index in [0.717, 1.165) is 15.4 Å². The fourth-order valence-corrected chi connectivity index (χ4v) is 2.71. The molecule has 1 atom stereocenters. The number of aliphatic hydroxyl groups excluding tert-OH is 1. The molecule has 2 aromatic rings. The van der Waals surface area contributed by atoms with Gasteiger partial charge in [-0.05, 0) is 23.3 Å². The standard InChI is InChI=1S/C12H13ClINO/c1-15-3-2-8-4-9(11(16)6-13)5-10(7-14)12(8)15/h2-5,11,16H,6-7H2,1H3/t11-/m1/s1. The third-order valence-corrected chi connectivity index (χ3v) is 3.86. The molecule has 0 bridgehead atoms. The van der Waals surface area contributed by atoms with Gasteiger partial charge in [0.1, 0.15) is 0 Å². The Morgan fingerprint density at radius 2 is 2.25 bits per heavy atom. The van der Waals surface area contributed by atoms with Crippen LogP contribution in [0.5, 0.6) is 0 Å². The molecular weight excluding hydrogens is 336 g/mol. The van der Waals surface area contributed by atoms with Gasteiger partial charge in [-0.1, -0.05) is 28.7 Å². The van der Waals surface area contributed by atoms with Gasteiger partial charge in [-0.3, -0.25) is 0 Å². The maximum absolute atomic E-state index is 9.77. The maximum Gasteiger partial charge on any atom is 0.0925 e. The van der Waals surface area contributed by atoms with Crippen LogP contribution < -0.4 is 0 Å². The molecule has 0 saturated heterocycles. The summed E-state index contributed by atoms with van der Waals surface area (Å²) in [6.07, 6.45) is 1.46. The topological polar surface area (TPSA) is 25.2 Å². The Balaban J connectivity index is 2.64. The molecule has 4 heteroatoms. The molecule has 1 heterocycles. The lowest BCUT2D eigenvalue weighted by Gasteiger charge is -2.11. The van der Waals surface area contributed by atoms with Gasteiger partial charge < -0.3 is 9.67 Å². The summed E-state index contributed by atoms with van der Waals surface area (Å²) in [6, 6.07) is 6.12. The number of fused-ring (bicyclic) bond motifs is 1. The van der Waals surface area contributed by atoms with Gasteiger partial charge in [-0.15, -0.1) is 11.6 Å². The van der Waals surface area contributed by atoms with Crippen molar-refractivity contribution in [2.45, 2.75) is 10.5 Å². The number of aliphatic hydroxyl groups is 1. The third kappa shape index (κ3) is 2.08. The van der Waals surface area contributed by atoms with Crippen molar-refractivity contribution in [2.24, 2.45) is 7.05 Å². The molecule has 0 unspecified atom stereocenters. The van der Waals surface area contributed by atoms with Crippen molar-refractivity contribution in [3.63, 3.8) is 0 Å². The molecule has 1 aromatic carbocycles. The van der Waals surface area contributed by atoms with E-state index in [1.807, 2.05) is 25.4 Å².